The van der Waals surface area contributed by atoms with Gasteiger partial charge < -0.3 is 9.47 Å². The summed E-state index contributed by atoms with van der Waals surface area (Å²) in [5, 5.41) is 0. The third kappa shape index (κ3) is 2.06. The molecule has 2 atom stereocenters. The fourth-order valence-electron chi connectivity index (χ4n) is 1.51. The minimum Gasteiger partial charge on any atom is -0.391 e. The van der Waals surface area contributed by atoms with Gasteiger partial charge in [0.05, 0.1) is 5.92 Å². The van der Waals surface area contributed by atoms with Crippen LogP contribution in [0.3, 0.4) is 0 Å². The van der Waals surface area contributed by atoms with Gasteiger partial charge in [0.25, 0.3) is 0 Å². The monoisotopic (exact) mass is 186 g/mol. The Morgan fingerprint density at radius 2 is 2.00 bits per heavy atom. The fraction of sp³-hybridized carbons (Fsp3) is 0.778. The molecular formula is C9H14O4. The van der Waals surface area contributed by atoms with Crippen molar-refractivity contribution in [3.05, 3.63) is 0 Å². The van der Waals surface area contributed by atoms with Gasteiger partial charge in [0, 0.05) is 7.11 Å². The standard InChI is InChI=1S/C9H14O4/c1-5(2)4-6-7(12-3)9(11)13-8(6)10/h5-7H,4H2,1-3H3/t6-,7+/m1/s1. The summed E-state index contributed by atoms with van der Waals surface area (Å²) < 4.78 is 9.39. The molecule has 1 rings (SSSR count). The molecule has 4 heteroatoms. The molecule has 1 saturated heterocycles. The first kappa shape index (κ1) is 10.2. The fourth-order valence-corrected chi connectivity index (χ4v) is 1.51. The highest BCUT2D eigenvalue weighted by Crippen LogP contribution is 2.25. The summed E-state index contributed by atoms with van der Waals surface area (Å²) >= 11 is 0. The summed E-state index contributed by atoms with van der Waals surface area (Å²) in [6, 6.07) is 0. The van der Waals surface area contributed by atoms with E-state index in [0.29, 0.717) is 12.3 Å². The quantitative estimate of drug-likeness (QED) is 0.482. The van der Waals surface area contributed by atoms with Gasteiger partial charge in [-0.25, -0.2) is 4.79 Å². The number of hydrogen-bond acceptors (Lipinski definition) is 4. The van der Waals surface area contributed by atoms with E-state index in [1.165, 1.54) is 7.11 Å². The summed E-state index contributed by atoms with van der Waals surface area (Å²) in [4.78, 5) is 22.2. The van der Waals surface area contributed by atoms with Crippen molar-refractivity contribution in [2.75, 3.05) is 7.11 Å². The topological polar surface area (TPSA) is 52.6 Å². The van der Waals surface area contributed by atoms with Crippen LogP contribution in [0.1, 0.15) is 20.3 Å². The van der Waals surface area contributed by atoms with Crippen LogP contribution < -0.4 is 0 Å². The van der Waals surface area contributed by atoms with Crippen LogP contribution in [0.25, 0.3) is 0 Å². The third-order valence-corrected chi connectivity index (χ3v) is 2.08. The van der Waals surface area contributed by atoms with E-state index < -0.39 is 24.0 Å². The molecule has 0 unspecified atom stereocenters. The Morgan fingerprint density at radius 1 is 1.38 bits per heavy atom. The molecule has 1 heterocycles. The summed E-state index contributed by atoms with van der Waals surface area (Å²) in [6.45, 7) is 3.98. The average molecular weight is 186 g/mol. The molecule has 0 aliphatic carbocycles. The van der Waals surface area contributed by atoms with Crippen molar-refractivity contribution < 1.29 is 19.1 Å². The van der Waals surface area contributed by atoms with Crippen molar-refractivity contribution >= 4 is 11.9 Å². The molecular weight excluding hydrogens is 172 g/mol. The maximum absolute atomic E-state index is 11.2. The zero-order chi connectivity index (χ0) is 10.0. The number of rotatable bonds is 3. The molecule has 1 aliphatic rings. The summed E-state index contributed by atoms with van der Waals surface area (Å²) in [5.74, 6) is -1.08. The summed E-state index contributed by atoms with van der Waals surface area (Å²) in [6.07, 6.45) is -0.0711. The van der Waals surface area contributed by atoms with Crippen LogP contribution in [0.15, 0.2) is 0 Å². The van der Waals surface area contributed by atoms with Crippen molar-refractivity contribution in [2.24, 2.45) is 11.8 Å². The first-order chi connectivity index (χ1) is 6.06. The number of ether oxygens (including phenoxy) is 2. The maximum atomic E-state index is 11.2. The first-order valence-electron chi connectivity index (χ1n) is 4.34. The second kappa shape index (κ2) is 3.87. The smallest absolute Gasteiger partial charge is 0.343 e. The van der Waals surface area contributed by atoms with Crippen LogP contribution in [0, 0.1) is 11.8 Å². The van der Waals surface area contributed by atoms with E-state index in [1.807, 2.05) is 13.8 Å². The molecule has 0 aromatic heterocycles. The van der Waals surface area contributed by atoms with Crippen LogP contribution in [0.5, 0.6) is 0 Å². The molecule has 74 valence electrons. The molecule has 0 saturated carbocycles. The lowest BCUT2D eigenvalue weighted by atomic mass is 9.94. The molecule has 0 aromatic carbocycles. The molecule has 0 amide bonds. The van der Waals surface area contributed by atoms with Gasteiger partial charge in [0.1, 0.15) is 0 Å². The van der Waals surface area contributed by atoms with Crippen molar-refractivity contribution in [3.63, 3.8) is 0 Å². The number of carbonyl (C=O) groups excluding carboxylic acids is 2. The molecule has 0 bridgehead atoms. The van der Waals surface area contributed by atoms with Gasteiger partial charge in [-0.15, -0.1) is 0 Å². The molecule has 0 N–H and O–H groups in total. The van der Waals surface area contributed by atoms with Gasteiger partial charge in [0.15, 0.2) is 6.10 Å². The van der Waals surface area contributed by atoms with Crippen molar-refractivity contribution in [1.29, 1.82) is 0 Å². The van der Waals surface area contributed by atoms with Crippen LogP contribution >= 0.6 is 0 Å². The highest BCUT2D eigenvalue weighted by molar-refractivity contribution is 5.98. The first-order valence-corrected chi connectivity index (χ1v) is 4.34. The number of cyclic esters (lactones) is 2. The van der Waals surface area contributed by atoms with Gasteiger partial charge in [-0.3, -0.25) is 4.79 Å². The minimum atomic E-state index is -0.699. The second-order valence-corrected chi connectivity index (χ2v) is 3.63. The summed E-state index contributed by atoms with van der Waals surface area (Å²) in [5.41, 5.74) is 0. The Bertz CT molecular complexity index is 222. The largest absolute Gasteiger partial charge is 0.391 e. The number of methoxy groups -OCH3 is 1. The Balaban J connectivity index is 2.69. The maximum Gasteiger partial charge on any atom is 0.343 e. The van der Waals surface area contributed by atoms with Crippen molar-refractivity contribution in [2.45, 2.75) is 26.4 Å². The van der Waals surface area contributed by atoms with Crippen molar-refractivity contribution in [3.8, 4) is 0 Å². The highest BCUT2D eigenvalue weighted by atomic mass is 16.6. The van der Waals surface area contributed by atoms with Gasteiger partial charge in [-0.05, 0) is 12.3 Å². The van der Waals surface area contributed by atoms with E-state index in [2.05, 4.69) is 4.74 Å². The lowest BCUT2D eigenvalue weighted by Gasteiger charge is -2.13. The predicted octanol–water partition coefficient (Wildman–Crippen LogP) is 0.747. The van der Waals surface area contributed by atoms with Gasteiger partial charge in [0.2, 0.25) is 0 Å². The van der Waals surface area contributed by atoms with Crippen LogP contribution in [0.2, 0.25) is 0 Å². The molecule has 0 spiro atoms. The Labute approximate surface area is 77.2 Å². The van der Waals surface area contributed by atoms with Gasteiger partial charge >= 0.3 is 11.9 Å². The normalized spacial score (nSPS) is 28.3. The molecule has 0 radical (unpaired) electrons. The van der Waals surface area contributed by atoms with Crippen LogP contribution in [-0.2, 0) is 19.1 Å². The number of esters is 2. The highest BCUT2D eigenvalue weighted by Gasteiger charge is 2.44. The molecule has 1 fully saturated rings. The molecule has 0 aromatic rings. The summed E-state index contributed by atoms with van der Waals surface area (Å²) in [7, 11) is 1.41. The predicted molar refractivity (Wildman–Crippen MR) is 44.8 cm³/mol. The molecule has 13 heavy (non-hydrogen) atoms. The van der Waals surface area contributed by atoms with Crippen molar-refractivity contribution in [1.82, 2.24) is 0 Å². The zero-order valence-electron chi connectivity index (χ0n) is 8.07. The third-order valence-electron chi connectivity index (χ3n) is 2.08. The van der Waals surface area contributed by atoms with Gasteiger partial charge in [-0.2, -0.15) is 0 Å². The van der Waals surface area contributed by atoms with E-state index in [-0.39, 0.29) is 0 Å². The van der Waals surface area contributed by atoms with E-state index in [0.717, 1.165) is 0 Å². The average Bonchev–Trinajstić information content (AvgIpc) is 2.26. The zero-order valence-corrected chi connectivity index (χ0v) is 8.07. The van der Waals surface area contributed by atoms with E-state index in [4.69, 9.17) is 4.74 Å². The SMILES string of the molecule is CO[C@@H]1C(=O)OC(=O)[C@@H]1CC(C)C. The number of carbonyl (C=O) groups is 2. The minimum absolute atomic E-state index is 0.348. The molecule has 1 aliphatic heterocycles. The van der Waals surface area contributed by atoms with E-state index >= 15 is 0 Å². The Hall–Kier alpha value is -0.900. The lowest BCUT2D eigenvalue weighted by molar-refractivity contribution is -0.155. The second-order valence-electron chi connectivity index (χ2n) is 3.63. The Morgan fingerprint density at radius 3 is 2.46 bits per heavy atom. The van der Waals surface area contributed by atoms with E-state index in [1.54, 1.807) is 0 Å². The molecule has 4 nitrogen and oxygen atoms in total. The van der Waals surface area contributed by atoms with Crippen LogP contribution in [0.4, 0.5) is 0 Å². The lowest BCUT2D eigenvalue weighted by Crippen LogP contribution is -2.26. The van der Waals surface area contributed by atoms with Crippen LogP contribution in [-0.4, -0.2) is 25.2 Å². The van der Waals surface area contributed by atoms with Gasteiger partial charge in [-0.1, -0.05) is 13.8 Å². The number of hydrogen-bond donors (Lipinski definition) is 0. The van der Waals surface area contributed by atoms with E-state index in [9.17, 15) is 9.59 Å². The Kier molecular flexibility index (Phi) is 3.03.